The van der Waals surface area contributed by atoms with Crippen LogP contribution in [0.3, 0.4) is 0 Å². The van der Waals surface area contributed by atoms with Crippen molar-refractivity contribution >= 4 is 49.1 Å². The van der Waals surface area contributed by atoms with Crippen molar-refractivity contribution in [2.45, 2.75) is 0 Å². The zero-order valence-electron chi connectivity index (χ0n) is 9.49. The number of benzene rings is 2. The van der Waals surface area contributed by atoms with Gasteiger partial charge in [0.15, 0.2) is 0 Å². The molecule has 0 bridgehead atoms. The van der Waals surface area contributed by atoms with Gasteiger partial charge in [-0.15, -0.1) is 0 Å². The predicted molar refractivity (Wildman–Crippen MR) is 84.2 cm³/mol. The highest BCUT2D eigenvalue weighted by Crippen LogP contribution is 2.33. The normalized spacial score (nSPS) is 10.3. The molecule has 2 rings (SSSR count). The van der Waals surface area contributed by atoms with Crippen LogP contribution in [0.1, 0.15) is 5.56 Å². The van der Waals surface area contributed by atoms with Crippen molar-refractivity contribution in [1.29, 1.82) is 0 Å². The molecule has 6 heteroatoms. The molecule has 0 amide bonds. The minimum Gasteiger partial charge on any atom is -0.455 e. The fourth-order valence-electron chi connectivity index (χ4n) is 1.46. The van der Waals surface area contributed by atoms with Crippen molar-refractivity contribution < 1.29 is 9.13 Å². The lowest BCUT2D eigenvalue weighted by Crippen LogP contribution is -2.10. The first-order valence-corrected chi connectivity index (χ1v) is 7.19. The van der Waals surface area contributed by atoms with E-state index in [9.17, 15) is 4.39 Å². The van der Waals surface area contributed by atoms with E-state index < -0.39 is 0 Å². The fraction of sp³-hybridized carbons (Fsp3) is 0. The third-order valence-corrected chi connectivity index (χ3v) is 3.69. The topological polar surface area (TPSA) is 35.2 Å². The maximum atomic E-state index is 13.2. The van der Waals surface area contributed by atoms with Crippen LogP contribution < -0.4 is 10.5 Å². The third kappa shape index (κ3) is 3.52. The first-order valence-electron chi connectivity index (χ1n) is 5.19. The van der Waals surface area contributed by atoms with E-state index in [1.165, 1.54) is 12.1 Å². The van der Waals surface area contributed by atoms with Gasteiger partial charge in [-0.25, -0.2) is 4.39 Å². The van der Waals surface area contributed by atoms with Crippen LogP contribution in [-0.2, 0) is 0 Å². The van der Waals surface area contributed by atoms with Crippen LogP contribution in [0.25, 0.3) is 0 Å². The maximum Gasteiger partial charge on any atom is 0.144 e. The van der Waals surface area contributed by atoms with E-state index in [0.717, 1.165) is 4.47 Å². The van der Waals surface area contributed by atoms with E-state index in [1.807, 2.05) is 0 Å². The third-order valence-electron chi connectivity index (χ3n) is 2.32. The van der Waals surface area contributed by atoms with Crippen LogP contribution in [0, 0.1) is 5.82 Å². The molecule has 0 spiro atoms. The summed E-state index contributed by atoms with van der Waals surface area (Å²) in [6.45, 7) is 0. The Morgan fingerprint density at radius 3 is 2.53 bits per heavy atom. The summed E-state index contributed by atoms with van der Waals surface area (Å²) in [4.78, 5) is 0.212. The first-order chi connectivity index (χ1) is 8.97. The lowest BCUT2D eigenvalue weighted by atomic mass is 10.2. The molecule has 0 aliphatic carbocycles. The van der Waals surface area contributed by atoms with Gasteiger partial charge in [0, 0.05) is 10.5 Å². The van der Waals surface area contributed by atoms with Crippen LogP contribution in [0.4, 0.5) is 4.39 Å². The fourth-order valence-corrected chi connectivity index (χ4v) is 2.31. The zero-order valence-corrected chi connectivity index (χ0v) is 13.5. The second-order valence-electron chi connectivity index (χ2n) is 3.68. The molecule has 0 aliphatic rings. The smallest absolute Gasteiger partial charge is 0.144 e. The summed E-state index contributed by atoms with van der Waals surface area (Å²) in [5.41, 5.74) is 6.23. The molecule has 0 heterocycles. The summed E-state index contributed by atoms with van der Waals surface area (Å²) >= 11 is 11.6. The molecule has 2 nitrogen and oxygen atoms in total. The van der Waals surface area contributed by atoms with Gasteiger partial charge in [-0.1, -0.05) is 28.1 Å². The van der Waals surface area contributed by atoms with Crippen LogP contribution in [0.15, 0.2) is 45.3 Å². The van der Waals surface area contributed by atoms with Gasteiger partial charge in [-0.2, -0.15) is 0 Å². The van der Waals surface area contributed by atoms with Gasteiger partial charge in [0.25, 0.3) is 0 Å². The van der Waals surface area contributed by atoms with Gasteiger partial charge in [-0.3, -0.25) is 0 Å². The molecular weight excluding hydrogens is 397 g/mol. The zero-order chi connectivity index (χ0) is 14.0. The Kier molecular flexibility index (Phi) is 4.54. The second kappa shape index (κ2) is 5.98. The van der Waals surface area contributed by atoms with Gasteiger partial charge in [-0.05, 0) is 46.3 Å². The van der Waals surface area contributed by atoms with Crippen molar-refractivity contribution in [3.63, 3.8) is 0 Å². The monoisotopic (exact) mass is 403 g/mol. The van der Waals surface area contributed by atoms with Gasteiger partial charge >= 0.3 is 0 Å². The van der Waals surface area contributed by atoms with Crippen molar-refractivity contribution in [3.05, 3.63) is 56.7 Å². The van der Waals surface area contributed by atoms with Gasteiger partial charge < -0.3 is 10.5 Å². The Morgan fingerprint density at radius 1 is 1.11 bits per heavy atom. The Morgan fingerprint density at radius 2 is 1.84 bits per heavy atom. The lowest BCUT2D eigenvalue weighted by molar-refractivity contribution is 0.472. The highest BCUT2D eigenvalue weighted by molar-refractivity contribution is 9.10. The minimum absolute atomic E-state index is 0.212. The summed E-state index contributed by atoms with van der Waals surface area (Å²) in [6.07, 6.45) is 0. The molecule has 0 fully saturated rings. The van der Waals surface area contributed by atoms with Crippen molar-refractivity contribution in [1.82, 2.24) is 0 Å². The average molecular weight is 405 g/mol. The number of hydrogen-bond acceptors (Lipinski definition) is 2. The number of hydrogen-bond donors (Lipinski definition) is 1. The quantitative estimate of drug-likeness (QED) is 0.747. The van der Waals surface area contributed by atoms with Gasteiger partial charge in [0.2, 0.25) is 0 Å². The molecule has 2 aromatic rings. The van der Waals surface area contributed by atoms with E-state index in [4.69, 9.17) is 22.7 Å². The van der Waals surface area contributed by atoms with E-state index in [0.29, 0.717) is 21.5 Å². The maximum absolute atomic E-state index is 13.2. The minimum atomic E-state index is -0.382. The number of ether oxygens (including phenoxy) is 1. The Hall–Kier alpha value is -0.980. The second-order valence-corrected chi connectivity index (χ2v) is 5.89. The van der Waals surface area contributed by atoms with Crippen molar-refractivity contribution in [2.75, 3.05) is 0 Å². The average Bonchev–Trinajstić information content (AvgIpc) is 2.35. The molecule has 19 heavy (non-hydrogen) atoms. The van der Waals surface area contributed by atoms with E-state index >= 15 is 0 Å². The van der Waals surface area contributed by atoms with Crippen LogP contribution >= 0.6 is 44.1 Å². The molecular formula is C13H8Br2FNOS. The number of nitrogens with two attached hydrogens (primary N) is 1. The summed E-state index contributed by atoms with van der Waals surface area (Å²) in [6, 6.07) is 9.47. The molecule has 0 unspecified atom stereocenters. The molecule has 0 saturated carbocycles. The van der Waals surface area contributed by atoms with E-state index in [1.54, 1.807) is 24.3 Å². The van der Waals surface area contributed by atoms with Gasteiger partial charge in [0.1, 0.15) is 22.3 Å². The molecule has 0 aliphatic heterocycles. The Balaban J connectivity index is 2.43. The lowest BCUT2D eigenvalue weighted by Gasteiger charge is -2.12. The largest absolute Gasteiger partial charge is 0.455 e. The SMILES string of the molecule is NC(=S)c1cc(Br)ccc1Oc1cc(F)ccc1Br. The van der Waals surface area contributed by atoms with Crippen molar-refractivity contribution in [2.24, 2.45) is 5.73 Å². The predicted octanol–water partition coefficient (Wildman–Crippen LogP) is 4.78. The molecule has 2 N–H and O–H groups in total. The molecule has 0 atom stereocenters. The first kappa shape index (κ1) is 14.4. The molecule has 0 saturated heterocycles. The molecule has 2 aromatic carbocycles. The van der Waals surface area contributed by atoms with Crippen LogP contribution in [-0.4, -0.2) is 4.99 Å². The number of rotatable bonds is 3. The summed E-state index contributed by atoms with van der Waals surface area (Å²) in [5.74, 6) is 0.453. The standard InChI is InChI=1S/C13H8Br2FNOS/c14-7-1-4-11(9(5-7)13(17)19)18-12-6-8(16)2-3-10(12)15/h1-6H,(H2,17,19). The molecule has 98 valence electrons. The van der Waals surface area contributed by atoms with Gasteiger partial charge in [0.05, 0.1) is 10.0 Å². The van der Waals surface area contributed by atoms with Crippen LogP contribution in [0.2, 0.25) is 0 Å². The number of thiocarbonyl (C=S) groups is 1. The Bertz CT molecular complexity index is 649. The van der Waals surface area contributed by atoms with E-state index in [-0.39, 0.29) is 10.8 Å². The van der Waals surface area contributed by atoms with Crippen LogP contribution in [0.5, 0.6) is 11.5 Å². The molecule has 0 aromatic heterocycles. The molecule has 0 radical (unpaired) electrons. The number of halogens is 3. The summed E-state index contributed by atoms with van der Waals surface area (Å²) in [7, 11) is 0. The Labute approximate surface area is 132 Å². The van der Waals surface area contributed by atoms with E-state index in [2.05, 4.69) is 31.9 Å². The summed E-state index contributed by atoms with van der Waals surface area (Å²) < 4.78 is 20.4. The highest BCUT2D eigenvalue weighted by Gasteiger charge is 2.11. The van der Waals surface area contributed by atoms with Crippen molar-refractivity contribution in [3.8, 4) is 11.5 Å². The summed E-state index contributed by atoms with van der Waals surface area (Å²) in [5, 5.41) is 0. The highest BCUT2D eigenvalue weighted by atomic mass is 79.9.